The average Bonchev–Trinajstić information content (AvgIpc) is 3.18. The molecule has 0 unspecified atom stereocenters. The number of benzene rings is 1. The van der Waals surface area contributed by atoms with Gasteiger partial charge in [-0.05, 0) is 64.0 Å². The summed E-state index contributed by atoms with van der Waals surface area (Å²) in [5, 5.41) is 3.53. The highest BCUT2D eigenvalue weighted by molar-refractivity contribution is 5.91. The average molecular weight is 507 g/mol. The fourth-order valence-corrected chi connectivity index (χ4v) is 3.71. The van der Waals surface area contributed by atoms with E-state index in [1.807, 2.05) is 30.3 Å². The number of carbonyl (C=O) groups excluding carboxylic acids is 3. The third-order valence-electron chi connectivity index (χ3n) is 5.47. The topological polar surface area (TPSA) is 103 Å². The van der Waals surface area contributed by atoms with Gasteiger partial charge in [-0.25, -0.2) is 9.36 Å². The number of amides is 2. The van der Waals surface area contributed by atoms with Gasteiger partial charge in [-0.15, -0.1) is 0 Å². The summed E-state index contributed by atoms with van der Waals surface area (Å²) < 4.78 is 8.53. The minimum absolute atomic E-state index is 0.111. The number of nitrogens with zero attached hydrogens (tertiary/aromatic N) is 3. The van der Waals surface area contributed by atoms with Crippen LogP contribution in [0, 0.1) is 0 Å². The summed E-state index contributed by atoms with van der Waals surface area (Å²) in [5.74, 6) is -0.398. The Morgan fingerprint density at radius 2 is 1.81 bits per heavy atom. The van der Waals surface area contributed by atoms with Crippen LogP contribution in [0.2, 0.25) is 0 Å². The second-order valence-corrected chi connectivity index (χ2v) is 9.94. The lowest BCUT2D eigenvalue weighted by molar-refractivity contribution is -0.123. The lowest BCUT2D eigenvalue weighted by Crippen LogP contribution is -2.30. The quantitative estimate of drug-likeness (QED) is 0.361. The summed E-state index contributed by atoms with van der Waals surface area (Å²) >= 11 is 0. The van der Waals surface area contributed by atoms with Crippen molar-refractivity contribution in [1.82, 2.24) is 14.0 Å². The second-order valence-electron chi connectivity index (χ2n) is 9.94. The van der Waals surface area contributed by atoms with Crippen LogP contribution in [0.15, 0.2) is 65.6 Å². The molecule has 0 aliphatic rings. The standard InChI is InChI=1S/C28H34N4O5/c1-28(2,3)37-27(36)32-21(18-20-12-9-10-14-23(20)32)19-31-17-11-13-22(26(31)35)29-24(33)15-7-6-8-16-25(34)30(4)5/h8-14,16-18H,6-7,15,19H2,1-5H3,(H,29,33)/b16-8+. The van der Waals surface area contributed by atoms with Crippen molar-refractivity contribution in [3.05, 3.63) is 76.9 Å². The zero-order chi connectivity index (χ0) is 27.2. The summed E-state index contributed by atoms with van der Waals surface area (Å²) in [7, 11) is 3.34. The van der Waals surface area contributed by atoms with Crippen LogP contribution >= 0.6 is 0 Å². The number of allylic oxidation sites excluding steroid dienone is 1. The number of aromatic nitrogens is 2. The van der Waals surface area contributed by atoms with Gasteiger partial charge < -0.3 is 19.5 Å². The molecule has 0 fully saturated rings. The largest absolute Gasteiger partial charge is 0.443 e. The maximum Gasteiger partial charge on any atom is 0.419 e. The fourth-order valence-electron chi connectivity index (χ4n) is 3.71. The van der Waals surface area contributed by atoms with Crippen molar-refractivity contribution in [3.8, 4) is 0 Å². The van der Waals surface area contributed by atoms with Crippen molar-refractivity contribution in [2.24, 2.45) is 0 Å². The Hall–Kier alpha value is -4.14. The highest BCUT2D eigenvalue weighted by atomic mass is 16.6. The number of nitrogens with one attached hydrogen (secondary N) is 1. The number of ether oxygens (including phenoxy) is 1. The molecule has 0 bridgehead atoms. The molecule has 9 heteroatoms. The third-order valence-corrected chi connectivity index (χ3v) is 5.47. The van der Waals surface area contributed by atoms with Crippen LogP contribution in [0.4, 0.5) is 10.5 Å². The number of anilines is 1. The summed E-state index contributed by atoms with van der Waals surface area (Å²) in [4.78, 5) is 51.6. The first kappa shape index (κ1) is 27.4. The van der Waals surface area contributed by atoms with Gasteiger partial charge in [0.05, 0.1) is 12.1 Å². The zero-order valence-corrected chi connectivity index (χ0v) is 22.0. The van der Waals surface area contributed by atoms with E-state index >= 15 is 0 Å². The van der Waals surface area contributed by atoms with Crippen molar-refractivity contribution < 1.29 is 19.1 Å². The van der Waals surface area contributed by atoms with Gasteiger partial charge in [0.1, 0.15) is 11.3 Å². The molecule has 1 aromatic carbocycles. The number of pyridine rings is 1. The van der Waals surface area contributed by atoms with Crippen molar-refractivity contribution in [3.63, 3.8) is 0 Å². The molecule has 0 atom stereocenters. The van der Waals surface area contributed by atoms with E-state index in [0.717, 1.165) is 5.39 Å². The van der Waals surface area contributed by atoms with Crippen molar-refractivity contribution >= 4 is 34.5 Å². The first-order valence-corrected chi connectivity index (χ1v) is 12.2. The lowest BCUT2D eigenvalue weighted by atomic mass is 10.2. The number of para-hydroxylation sites is 1. The molecule has 0 spiro atoms. The second kappa shape index (κ2) is 11.7. The summed E-state index contributed by atoms with van der Waals surface area (Å²) in [6.45, 7) is 5.51. The number of unbranched alkanes of at least 4 members (excludes halogenated alkanes) is 1. The Balaban J connectivity index is 1.75. The van der Waals surface area contributed by atoms with E-state index in [1.54, 1.807) is 59.3 Å². The third kappa shape index (κ3) is 7.42. The molecular formula is C28H34N4O5. The van der Waals surface area contributed by atoms with Gasteiger partial charge in [0, 0.05) is 37.8 Å². The van der Waals surface area contributed by atoms with Gasteiger partial charge in [-0.1, -0.05) is 24.3 Å². The number of rotatable bonds is 8. The Labute approximate surface area is 216 Å². The number of carbonyl (C=O) groups is 3. The molecule has 0 aliphatic heterocycles. The normalized spacial score (nSPS) is 11.6. The van der Waals surface area contributed by atoms with Crippen LogP contribution in [0.1, 0.15) is 45.7 Å². The Morgan fingerprint density at radius 1 is 1.08 bits per heavy atom. The SMILES string of the molecule is CN(C)C(=O)/C=C/CCCC(=O)Nc1cccn(Cc2cc3ccccc3n2C(=O)OC(C)(C)C)c1=O. The van der Waals surface area contributed by atoms with Crippen molar-refractivity contribution in [1.29, 1.82) is 0 Å². The molecule has 2 aromatic heterocycles. The molecule has 2 amide bonds. The summed E-state index contributed by atoms with van der Waals surface area (Å²) in [6.07, 6.45) is 5.62. The van der Waals surface area contributed by atoms with Gasteiger partial charge in [-0.3, -0.25) is 14.4 Å². The van der Waals surface area contributed by atoms with Gasteiger partial charge >= 0.3 is 6.09 Å². The minimum Gasteiger partial charge on any atom is -0.443 e. The van der Waals surface area contributed by atoms with E-state index in [1.165, 1.54) is 20.1 Å². The lowest BCUT2D eigenvalue weighted by Gasteiger charge is -2.21. The molecule has 1 N–H and O–H groups in total. The predicted octanol–water partition coefficient (Wildman–Crippen LogP) is 4.39. The monoisotopic (exact) mass is 506 g/mol. The molecule has 0 saturated carbocycles. The molecule has 2 heterocycles. The minimum atomic E-state index is -0.682. The highest BCUT2D eigenvalue weighted by Gasteiger charge is 2.22. The molecule has 0 aliphatic carbocycles. The van der Waals surface area contributed by atoms with Crippen molar-refractivity contribution in [2.45, 2.75) is 52.2 Å². The molecule has 9 nitrogen and oxygen atoms in total. The summed E-state index contributed by atoms with van der Waals surface area (Å²) in [5.41, 5.74) is 0.364. The molecule has 3 aromatic rings. The first-order chi connectivity index (χ1) is 17.5. The van der Waals surface area contributed by atoms with Crippen molar-refractivity contribution in [2.75, 3.05) is 19.4 Å². The van der Waals surface area contributed by atoms with Gasteiger partial charge in [0.2, 0.25) is 11.8 Å². The van der Waals surface area contributed by atoms with E-state index in [-0.39, 0.29) is 36.0 Å². The predicted molar refractivity (Wildman–Crippen MR) is 144 cm³/mol. The Morgan fingerprint density at radius 3 is 2.51 bits per heavy atom. The number of fused-ring (bicyclic) bond motifs is 1. The maximum absolute atomic E-state index is 13.1. The van der Waals surface area contributed by atoms with Gasteiger partial charge in [-0.2, -0.15) is 0 Å². The Bertz CT molecular complexity index is 1380. The van der Waals surface area contributed by atoms with E-state index < -0.39 is 11.7 Å². The number of likely N-dealkylation sites (N-methyl/N-ethyl adjacent to an activating group) is 1. The van der Waals surface area contributed by atoms with Crippen LogP contribution in [-0.4, -0.2) is 51.6 Å². The molecule has 0 radical (unpaired) electrons. The molecule has 37 heavy (non-hydrogen) atoms. The van der Waals surface area contributed by atoms with E-state index in [2.05, 4.69) is 5.32 Å². The molecule has 3 rings (SSSR count). The van der Waals surface area contributed by atoms with Gasteiger partial charge in [0.25, 0.3) is 5.56 Å². The van der Waals surface area contributed by atoms with E-state index in [0.29, 0.717) is 24.1 Å². The van der Waals surface area contributed by atoms with Crippen LogP contribution in [-0.2, 0) is 20.9 Å². The first-order valence-electron chi connectivity index (χ1n) is 12.2. The molecule has 196 valence electrons. The maximum atomic E-state index is 13.1. The molecule has 0 saturated heterocycles. The van der Waals surface area contributed by atoms with Crippen LogP contribution < -0.4 is 10.9 Å². The Kier molecular flexibility index (Phi) is 8.70. The fraction of sp³-hybridized carbons (Fsp3) is 0.357. The summed E-state index contributed by atoms with van der Waals surface area (Å²) in [6, 6.07) is 12.5. The number of hydrogen-bond donors (Lipinski definition) is 1. The zero-order valence-electron chi connectivity index (χ0n) is 22.0. The number of hydrogen-bond acceptors (Lipinski definition) is 5. The molecular weight excluding hydrogens is 472 g/mol. The van der Waals surface area contributed by atoms with Crippen LogP contribution in [0.25, 0.3) is 10.9 Å². The van der Waals surface area contributed by atoms with Crippen LogP contribution in [0.5, 0.6) is 0 Å². The highest BCUT2D eigenvalue weighted by Crippen LogP contribution is 2.22. The van der Waals surface area contributed by atoms with E-state index in [9.17, 15) is 19.2 Å². The van der Waals surface area contributed by atoms with Gasteiger partial charge in [0.15, 0.2) is 0 Å². The van der Waals surface area contributed by atoms with Crippen LogP contribution in [0.3, 0.4) is 0 Å². The smallest absolute Gasteiger partial charge is 0.419 e. The van der Waals surface area contributed by atoms with E-state index in [4.69, 9.17) is 4.74 Å².